The van der Waals surface area contributed by atoms with Gasteiger partial charge in [0.2, 0.25) is 11.8 Å². The van der Waals surface area contributed by atoms with E-state index in [1.807, 2.05) is 20.8 Å². The number of amides is 2. The van der Waals surface area contributed by atoms with Crippen molar-refractivity contribution in [2.45, 2.75) is 52.1 Å². The summed E-state index contributed by atoms with van der Waals surface area (Å²) in [6, 6.07) is -1.19. The molecule has 0 aromatic rings. The third-order valence-corrected chi connectivity index (χ3v) is 2.48. The molecule has 5 heteroatoms. The highest BCUT2D eigenvalue weighted by atomic mass is 16.2. The van der Waals surface area contributed by atoms with Crippen molar-refractivity contribution in [3.05, 3.63) is 0 Å². The number of nitrogens with two attached hydrogens (primary N) is 2. The molecule has 0 aromatic carbocycles. The number of carbonyl (C=O) groups is 2. The van der Waals surface area contributed by atoms with Gasteiger partial charge in [-0.25, -0.2) is 0 Å². The molecule has 0 aliphatic rings. The van der Waals surface area contributed by atoms with Crippen LogP contribution in [0.3, 0.4) is 0 Å². The lowest BCUT2D eigenvalue weighted by atomic mass is 10.0. The molecule has 5 nitrogen and oxygen atoms in total. The second-order valence-corrected chi connectivity index (χ2v) is 4.38. The molecule has 0 fully saturated rings. The van der Waals surface area contributed by atoms with Crippen LogP contribution in [0.4, 0.5) is 0 Å². The van der Waals surface area contributed by atoms with E-state index in [4.69, 9.17) is 11.5 Å². The van der Waals surface area contributed by atoms with Gasteiger partial charge < -0.3 is 16.8 Å². The molecule has 0 aliphatic carbocycles. The van der Waals surface area contributed by atoms with E-state index in [0.717, 1.165) is 12.8 Å². The van der Waals surface area contributed by atoms with E-state index >= 15 is 0 Å². The number of primary amides is 1. The monoisotopic (exact) mass is 229 g/mol. The summed E-state index contributed by atoms with van der Waals surface area (Å²) in [5.41, 5.74) is 10.9. The largest absolute Gasteiger partial charge is 0.368 e. The average Bonchev–Trinajstić information content (AvgIpc) is 2.20. The van der Waals surface area contributed by atoms with Gasteiger partial charge in [-0.05, 0) is 12.3 Å². The molecule has 0 saturated heterocycles. The molecule has 2 amide bonds. The van der Waals surface area contributed by atoms with Crippen LogP contribution in [0, 0.1) is 5.92 Å². The second kappa shape index (κ2) is 7.22. The molecule has 94 valence electrons. The van der Waals surface area contributed by atoms with Gasteiger partial charge in [-0.15, -0.1) is 0 Å². The Labute approximate surface area is 96.9 Å². The van der Waals surface area contributed by atoms with Crippen LogP contribution in [0.5, 0.6) is 0 Å². The fraction of sp³-hybridized carbons (Fsp3) is 0.818. The van der Waals surface area contributed by atoms with Crippen LogP contribution in [0.25, 0.3) is 0 Å². The van der Waals surface area contributed by atoms with Gasteiger partial charge in [0, 0.05) is 0 Å². The molecule has 5 N–H and O–H groups in total. The van der Waals surface area contributed by atoms with E-state index < -0.39 is 18.0 Å². The number of hydrogen-bond donors (Lipinski definition) is 3. The van der Waals surface area contributed by atoms with Gasteiger partial charge in [0.15, 0.2) is 0 Å². The Morgan fingerprint density at radius 1 is 1.31 bits per heavy atom. The van der Waals surface area contributed by atoms with Crippen LogP contribution in [0.15, 0.2) is 0 Å². The van der Waals surface area contributed by atoms with Crippen LogP contribution >= 0.6 is 0 Å². The van der Waals surface area contributed by atoms with Gasteiger partial charge in [0.05, 0.1) is 6.04 Å². The van der Waals surface area contributed by atoms with Crippen molar-refractivity contribution >= 4 is 11.8 Å². The van der Waals surface area contributed by atoms with E-state index in [2.05, 4.69) is 5.32 Å². The first kappa shape index (κ1) is 14.9. The first-order valence-electron chi connectivity index (χ1n) is 5.75. The highest BCUT2D eigenvalue weighted by Crippen LogP contribution is 2.03. The number of hydrogen-bond acceptors (Lipinski definition) is 3. The van der Waals surface area contributed by atoms with Crippen molar-refractivity contribution in [1.82, 2.24) is 5.32 Å². The minimum atomic E-state index is -0.639. The lowest BCUT2D eigenvalue weighted by Gasteiger charge is -2.21. The Morgan fingerprint density at radius 3 is 2.25 bits per heavy atom. The first-order valence-corrected chi connectivity index (χ1v) is 5.75. The number of rotatable bonds is 7. The van der Waals surface area contributed by atoms with Gasteiger partial charge in [-0.3, -0.25) is 9.59 Å². The van der Waals surface area contributed by atoms with Crippen molar-refractivity contribution in [2.75, 3.05) is 0 Å². The molecule has 0 radical (unpaired) electrons. The van der Waals surface area contributed by atoms with Crippen molar-refractivity contribution in [3.63, 3.8) is 0 Å². The minimum Gasteiger partial charge on any atom is -0.368 e. The van der Waals surface area contributed by atoms with E-state index in [1.165, 1.54) is 0 Å². The number of unbranched alkanes of at least 4 members (excludes halogenated alkanes) is 1. The molecule has 1 unspecified atom stereocenters. The van der Waals surface area contributed by atoms with Crippen LogP contribution in [0.2, 0.25) is 0 Å². The van der Waals surface area contributed by atoms with Crippen molar-refractivity contribution < 1.29 is 9.59 Å². The Morgan fingerprint density at radius 2 is 1.88 bits per heavy atom. The molecule has 0 rings (SSSR count). The Bertz CT molecular complexity index is 241. The quantitative estimate of drug-likeness (QED) is 0.578. The van der Waals surface area contributed by atoms with Crippen molar-refractivity contribution in [2.24, 2.45) is 17.4 Å². The van der Waals surface area contributed by atoms with Crippen LogP contribution in [-0.2, 0) is 9.59 Å². The van der Waals surface area contributed by atoms with Gasteiger partial charge >= 0.3 is 0 Å². The predicted octanol–water partition coefficient (Wildman–Crippen LogP) is 0.130. The summed E-state index contributed by atoms with van der Waals surface area (Å²) in [5.74, 6) is -0.850. The topological polar surface area (TPSA) is 98.2 Å². The fourth-order valence-corrected chi connectivity index (χ4v) is 1.38. The van der Waals surface area contributed by atoms with Gasteiger partial charge in [-0.1, -0.05) is 33.6 Å². The lowest BCUT2D eigenvalue weighted by molar-refractivity contribution is -0.129. The summed E-state index contributed by atoms with van der Waals surface area (Å²) in [4.78, 5) is 22.7. The standard InChI is InChI=1S/C11H23N3O2/c1-4-5-6-8(12)11(16)14-9(7(2)3)10(13)15/h7-9H,4-6,12H2,1-3H3,(H2,13,15)(H,14,16)/t8?,9-/m0/s1. The zero-order valence-corrected chi connectivity index (χ0v) is 10.3. The van der Waals surface area contributed by atoms with Crippen molar-refractivity contribution in [1.29, 1.82) is 0 Å². The second-order valence-electron chi connectivity index (χ2n) is 4.38. The summed E-state index contributed by atoms with van der Waals surface area (Å²) < 4.78 is 0. The highest BCUT2D eigenvalue weighted by Gasteiger charge is 2.23. The SMILES string of the molecule is CCCCC(N)C(=O)N[C@H](C(N)=O)C(C)C. The van der Waals surface area contributed by atoms with Gasteiger partial charge in [0.1, 0.15) is 6.04 Å². The molecule has 0 heterocycles. The Balaban J connectivity index is 4.24. The van der Waals surface area contributed by atoms with E-state index in [1.54, 1.807) is 0 Å². The zero-order chi connectivity index (χ0) is 12.7. The highest BCUT2D eigenvalue weighted by molar-refractivity contribution is 5.89. The number of carbonyl (C=O) groups excluding carboxylic acids is 2. The van der Waals surface area contributed by atoms with E-state index in [9.17, 15) is 9.59 Å². The van der Waals surface area contributed by atoms with Gasteiger partial charge in [0.25, 0.3) is 0 Å². The third-order valence-electron chi connectivity index (χ3n) is 2.48. The first-order chi connectivity index (χ1) is 7.40. The van der Waals surface area contributed by atoms with Crippen molar-refractivity contribution in [3.8, 4) is 0 Å². The summed E-state index contributed by atoms with van der Waals surface area (Å²) in [5, 5.41) is 2.59. The molecule has 2 atom stereocenters. The molecule has 0 bridgehead atoms. The van der Waals surface area contributed by atoms with Gasteiger partial charge in [-0.2, -0.15) is 0 Å². The third kappa shape index (κ3) is 5.11. The van der Waals surface area contributed by atoms with Crippen LogP contribution in [0.1, 0.15) is 40.0 Å². The summed E-state index contributed by atoms with van der Waals surface area (Å²) in [6.07, 6.45) is 2.52. The molecular formula is C11H23N3O2. The maximum absolute atomic E-state index is 11.6. The minimum absolute atomic E-state index is 0.0279. The summed E-state index contributed by atoms with van der Waals surface area (Å²) >= 11 is 0. The van der Waals surface area contributed by atoms with Crippen LogP contribution < -0.4 is 16.8 Å². The maximum atomic E-state index is 11.6. The van der Waals surface area contributed by atoms with Crippen LogP contribution in [-0.4, -0.2) is 23.9 Å². The zero-order valence-electron chi connectivity index (χ0n) is 10.3. The molecular weight excluding hydrogens is 206 g/mol. The number of nitrogens with one attached hydrogen (secondary N) is 1. The van der Waals surface area contributed by atoms with E-state index in [0.29, 0.717) is 6.42 Å². The summed E-state index contributed by atoms with van der Waals surface area (Å²) in [7, 11) is 0. The Hall–Kier alpha value is -1.10. The molecule has 0 saturated carbocycles. The summed E-state index contributed by atoms with van der Waals surface area (Å²) in [6.45, 7) is 5.69. The molecule has 0 aliphatic heterocycles. The predicted molar refractivity (Wildman–Crippen MR) is 63.5 cm³/mol. The molecule has 16 heavy (non-hydrogen) atoms. The maximum Gasteiger partial charge on any atom is 0.240 e. The molecule has 0 spiro atoms. The lowest BCUT2D eigenvalue weighted by Crippen LogP contribution is -2.52. The average molecular weight is 229 g/mol. The molecule has 0 aromatic heterocycles. The fourth-order valence-electron chi connectivity index (χ4n) is 1.38. The van der Waals surface area contributed by atoms with E-state index in [-0.39, 0.29) is 11.8 Å². The normalized spacial score (nSPS) is 14.6. The smallest absolute Gasteiger partial charge is 0.240 e. The Kier molecular flexibility index (Phi) is 6.72.